The van der Waals surface area contributed by atoms with Gasteiger partial charge in [0, 0.05) is 0 Å². The Bertz CT molecular complexity index is 615. The summed E-state index contributed by atoms with van der Waals surface area (Å²) in [6.45, 7) is 1.95. The number of nitrogens with one attached hydrogen (secondary N) is 1. The molecule has 0 saturated carbocycles. The smallest absolute Gasteiger partial charge is 0.326 e. The van der Waals surface area contributed by atoms with Gasteiger partial charge in [0.25, 0.3) is 5.56 Å². The number of aromatic nitrogens is 4. The molecule has 2 aromatic rings. The number of hydrogen-bond donors (Lipinski definition) is 2. The number of anilines is 1. The molecule has 0 aromatic carbocycles. The summed E-state index contributed by atoms with van der Waals surface area (Å²) < 4.78 is 6.21. The van der Waals surface area contributed by atoms with E-state index < -0.39 is 11.5 Å². The zero-order valence-corrected chi connectivity index (χ0v) is 9.14. The number of H-pyrrole nitrogens is 1. The van der Waals surface area contributed by atoms with Crippen molar-refractivity contribution in [2.75, 3.05) is 12.3 Å². The summed E-state index contributed by atoms with van der Waals surface area (Å²) in [5.41, 5.74) is 5.39. The van der Waals surface area contributed by atoms with E-state index in [0.717, 1.165) is 0 Å². The number of rotatable bonds is 3. The highest BCUT2D eigenvalue weighted by Gasteiger charge is 2.12. The van der Waals surface area contributed by atoms with Gasteiger partial charge in [0.05, 0.1) is 12.9 Å². The van der Waals surface area contributed by atoms with Gasteiger partial charge >= 0.3 is 5.97 Å². The molecule has 0 amide bonds. The lowest BCUT2D eigenvalue weighted by molar-refractivity contribution is -0.143. The van der Waals surface area contributed by atoms with Crippen LogP contribution in [0.3, 0.4) is 0 Å². The maximum Gasteiger partial charge on any atom is 0.326 e. The van der Waals surface area contributed by atoms with Crippen LogP contribution < -0.4 is 11.3 Å². The number of hydrogen-bond acceptors (Lipinski definition) is 6. The molecule has 0 atom stereocenters. The zero-order valence-electron chi connectivity index (χ0n) is 9.14. The SMILES string of the molecule is CCOC(=O)Cn1cnc2c(=O)[nH]c(N)nc21. The maximum atomic E-state index is 11.5. The Hall–Kier alpha value is -2.38. The molecule has 0 aliphatic heterocycles. The van der Waals surface area contributed by atoms with Crippen LogP contribution in [0.4, 0.5) is 5.95 Å². The molecule has 0 aliphatic rings. The number of fused-ring (bicyclic) bond motifs is 1. The molecule has 2 heterocycles. The highest BCUT2D eigenvalue weighted by Crippen LogP contribution is 2.06. The molecule has 0 saturated heterocycles. The fourth-order valence-corrected chi connectivity index (χ4v) is 1.43. The first-order valence-corrected chi connectivity index (χ1v) is 4.98. The number of esters is 1. The average molecular weight is 237 g/mol. The van der Waals surface area contributed by atoms with Crippen molar-refractivity contribution >= 4 is 23.1 Å². The summed E-state index contributed by atoms with van der Waals surface area (Å²) in [6, 6.07) is 0. The molecule has 0 fully saturated rings. The van der Waals surface area contributed by atoms with Gasteiger partial charge in [-0.25, -0.2) is 4.98 Å². The Morgan fingerprint density at radius 3 is 3.12 bits per heavy atom. The molecule has 0 spiro atoms. The van der Waals surface area contributed by atoms with Gasteiger partial charge in [0.15, 0.2) is 11.2 Å². The van der Waals surface area contributed by atoms with Crippen molar-refractivity contribution in [2.45, 2.75) is 13.5 Å². The number of carbonyl (C=O) groups is 1. The van der Waals surface area contributed by atoms with Crippen LogP contribution in [0.15, 0.2) is 11.1 Å². The van der Waals surface area contributed by atoms with Crippen molar-refractivity contribution in [3.8, 4) is 0 Å². The van der Waals surface area contributed by atoms with Crippen molar-refractivity contribution in [3.05, 3.63) is 16.7 Å². The van der Waals surface area contributed by atoms with Gasteiger partial charge in [-0.15, -0.1) is 0 Å². The quantitative estimate of drug-likeness (QED) is 0.679. The van der Waals surface area contributed by atoms with Gasteiger partial charge in [-0.1, -0.05) is 0 Å². The van der Waals surface area contributed by atoms with Crippen molar-refractivity contribution in [1.29, 1.82) is 0 Å². The minimum absolute atomic E-state index is 0.0203. The van der Waals surface area contributed by atoms with Crippen molar-refractivity contribution in [1.82, 2.24) is 19.5 Å². The van der Waals surface area contributed by atoms with Gasteiger partial charge < -0.3 is 15.0 Å². The number of nitrogens with zero attached hydrogens (tertiary/aromatic N) is 3. The van der Waals surface area contributed by atoms with E-state index in [1.165, 1.54) is 10.9 Å². The van der Waals surface area contributed by atoms with Crippen LogP contribution >= 0.6 is 0 Å². The van der Waals surface area contributed by atoms with E-state index in [9.17, 15) is 9.59 Å². The van der Waals surface area contributed by atoms with E-state index in [1.54, 1.807) is 6.92 Å². The minimum Gasteiger partial charge on any atom is -0.465 e. The summed E-state index contributed by atoms with van der Waals surface area (Å²) in [5, 5.41) is 0. The summed E-state index contributed by atoms with van der Waals surface area (Å²) >= 11 is 0. The summed E-state index contributed by atoms with van der Waals surface area (Å²) in [5.74, 6) is -0.444. The van der Waals surface area contributed by atoms with Gasteiger partial charge in [0.1, 0.15) is 6.54 Å². The van der Waals surface area contributed by atoms with Crippen LogP contribution in [-0.2, 0) is 16.1 Å². The van der Waals surface area contributed by atoms with Gasteiger partial charge in [0.2, 0.25) is 5.95 Å². The van der Waals surface area contributed by atoms with Crippen LogP contribution in [0.5, 0.6) is 0 Å². The van der Waals surface area contributed by atoms with E-state index in [-0.39, 0.29) is 23.7 Å². The summed E-state index contributed by atoms with van der Waals surface area (Å²) in [7, 11) is 0. The molecule has 8 heteroatoms. The van der Waals surface area contributed by atoms with Crippen molar-refractivity contribution < 1.29 is 9.53 Å². The Morgan fingerprint density at radius 1 is 1.65 bits per heavy atom. The molecule has 0 radical (unpaired) electrons. The lowest BCUT2D eigenvalue weighted by Crippen LogP contribution is -2.15. The molecule has 2 rings (SSSR count). The molecule has 0 unspecified atom stereocenters. The van der Waals surface area contributed by atoms with Gasteiger partial charge in [-0.3, -0.25) is 14.6 Å². The zero-order chi connectivity index (χ0) is 12.4. The predicted molar refractivity (Wildman–Crippen MR) is 59.2 cm³/mol. The third kappa shape index (κ3) is 2.10. The maximum absolute atomic E-state index is 11.5. The van der Waals surface area contributed by atoms with Gasteiger partial charge in [-0.05, 0) is 6.92 Å². The highest BCUT2D eigenvalue weighted by atomic mass is 16.5. The molecule has 0 aliphatic carbocycles. The fraction of sp³-hybridized carbons (Fsp3) is 0.333. The first-order chi connectivity index (χ1) is 8.11. The lowest BCUT2D eigenvalue weighted by Gasteiger charge is -2.03. The highest BCUT2D eigenvalue weighted by molar-refractivity contribution is 5.75. The van der Waals surface area contributed by atoms with Crippen LogP contribution in [0, 0.1) is 0 Å². The average Bonchev–Trinajstić information content (AvgIpc) is 2.62. The topological polar surface area (TPSA) is 116 Å². The number of nitrogens with two attached hydrogens (primary N) is 1. The third-order valence-corrected chi connectivity index (χ3v) is 2.10. The van der Waals surface area contributed by atoms with Crippen LogP contribution in [0.2, 0.25) is 0 Å². The molecule has 90 valence electrons. The number of carbonyl (C=O) groups excluding carboxylic acids is 1. The normalized spacial score (nSPS) is 10.6. The molecule has 0 bridgehead atoms. The first kappa shape index (κ1) is 11.1. The Balaban J connectivity index is 2.42. The van der Waals surface area contributed by atoms with E-state index in [4.69, 9.17) is 10.5 Å². The van der Waals surface area contributed by atoms with E-state index in [1.807, 2.05) is 0 Å². The molecule has 2 aromatic heterocycles. The summed E-state index contributed by atoms with van der Waals surface area (Å²) in [6.07, 6.45) is 1.35. The van der Waals surface area contributed by atoms with Crippen LogP contribution in [0.1, 0.15) is 6.92 Å². The standard InChI is InChI=1S/C9H11N5O3/c1-2-17-5(15)3-14-4-11-6-7(14)12-9(10)13-8(6)16/h4H,2-3H2,1H3,(H3,10,12,13,16). The second-order valence-corrected chi connectivity index (χ2v) is 3.30. The Labute approximate surface area is 95.4 Å². The van der Waals surface area contributed by atoms with E-state index in [2.05, 4.69) is 15.0 Å². The van der Waals surface area contributed by atoms with E-state index in [0.29, 0.717) is 6.61 Å². The monoisotopic (exact) mass is 237 g/mol. The van der Waals surface area contributed by atoms with Crippen molar-refractivity contribution in [2.24, 2.45) is 0 Å². The van der Waals surface area contributed by atoms with Crippen molar-refractivity contribution in [3.63, 3.8) is 0 Å². The number of imidazole rings is 1. The second kappa shape index (κ2) is 4.24. The van der Waals surface area contributed by atoms with Crippen LogP contribution in [-0.4, -0.2) is 32.1 Å². The molecule has 8 nitrogen and oxygen atoms in total. The van der Waals surface area contributed by atoms with Gasteiger partial charge in [-0.2, -0.15) is 4.98 Å². The number of aromatic amines is 1. The molecule has 17 heavy (non-hydrogen) atoms. The predicted octanol–water partition coefficient (Wildman–Crippen LogP) is -0.735. The Morgan fingerprint density at radius 2 is 2.41 bits per heavy atom. The number of nitrogen functional groups attached to an aromatic ring is 1. The lowest BCUT2D eigenvalue weighted by atomic mass is 10.5. The third-order valence-electron chi connectivity index (χ3n) is 2.10. The summed E-state index contributed by atoms with van der Waals surface area (Å²) in [4.78, 5) is 32.9. The van der Waals surface area contributed by atoms with E-state index >= 15 is 0 Å². The first-order valence-electron chi connectivity index (χ1n) is 4.98. The molecule has 3 N–H and O–H groups in total. The Kier molecular flexibility index (Phi) is 2.77. The molecular weight excluding hydrogens is 226 g/mol. The second-order valence-electron chi connectivity index (χ2n) is 3.30. The minimum atomic E-state index is -0.435. The van der Waals surface area contributed by atoms with Crippen LogP contribution in [0.25, 0.3) is 11.2 Å². The number of ether oxygens (including phenoxy) is 1. The largest absolute Gasteiger partial charge is 0.465 e. The fourth-order valence-electron chi connectivity index (χ4n) is 1.43. The molecular formula is C9H11N5O3.